The minimum atomic E-state index is -0.559. The van der Waals surface area contributed by atoms with Crippen molar-refractivity contribution in [1.82, 2.24) is 0 Å². The van der Waals surface area contributed by atoms with Crippen LogP contribution in [0.15, 0.2) is 66.2 Å². The Kier molecular flexibility index (Phi) is 8.43. The van der Waals surface area contributed by atoms with Gasteiger partial charge in [0, 0.05) is 17.8 Å². The van der Waals surface area contributed by atoms with E-state index in [1.54, 1.807) is 43.3 Å². The highest BCUT2D eigenvalue weighted by Crippen LogP contribution is 2.38. The second-order valence-electron chi connectivity index (χ2n) is 7.47. The fourth-order valence-electron chi connectivity index (χ4n) is 3.14. The average molecular weight is 492 g/mol. The monoisotopic (exact) mass is 491 g/mol. The maximum absolute atomic E-state index is 12.6. The molecule has 0 radical (unpaired) electrons. The number of hydrogen-bond acceptors (Lipinski definition) is 6. The molecule has 0 aliphatic carbocycles. The molecule has 1 N–H and O–H groups in total. The SMILES string of the molecule is CCOc1cc(/C=C(\C#N)C(=O)Nc2ccc(C)cc2)cc(Cl)c1OCc1cccc([N+](=O)[O-])c1. The van der Waals surface area contributed by atoms with Gasteiger partial charge in [0.25, 0.3) is 11.6 Å². The number of anilines is 1. The van der Waals surface area contributed by atoms with Gasteiger partial charge in [-0.05, 0) is 55.3 Å². The Hall–Kier alpha value is -4.35. The van der Waals surface area contributed by atoms with Crippen LogP contribution in [0.3, 0.4) is 0 Å². The number of non-ortho nitro benzene ring substituents is 1. The molecule has 0 aliphatic heterocycles. The molecule has 3 rings (SSSR count). The third-order valence-electron chi connectivity index (χ3n) is 4.82. The number of amides is 1. The zero-order valence-electron chi connectivity index (χ0n) is 19.1. The molecule has 8 nitrogen and oxygen atoms in total. The quantitative estimate of drug-likeness (QED) is 0.168. The van der Waals surface area contributed by atoms with Crippen LogP contribution in [0, 0.1) is 28.4 Å². The number of nitro groups is 1. The number of carbonyl (C=O) groups is 1. The van der Waals surface area contributed by atoms with Gasteiger partial charge in [-0.1, -0.05) is 41.4 Å². The van der Waals surface area contributed by atoms with E-state index in [4.69, 9.17) is 21.1 Å². The van der Waals surface area contributed by atoms with Crippen LogP contribution < -0.4 is 14.8 Å². The van der Waals surface area contributed by atoms with Gasteiger partial charge in [0.1, 0.15) is 18.2 Å². The molecule has 1 amide bonds. The van der Waals surface area contributed by atoms with Crippen LogP contribution in [-0.2, 0) is 11.4 Å². The fraction of sp³-hybridized carbons (Fsp3) is 0.154. The van der Waals surface area contributed by atoms with Crippen LogP contribution in [0.4, 0.5) is 11.4 Å². The largest absolute Gasteiger partial charge is 0.490 e. The zero-order valence-corrected chi connectivity index (χ0v) is 19.8. The van der Waals surface area contributed by atoms with E-state index in [1.165, 1.54) is 18.2 Å². The average Bonchev–Trinajstić information content (AvgIpc) is 2.83. The summed E-state index contributed by atoms with van der Waals surface area (Å²) in [5.74, 6) is 0.00383. The number of ether oxygens (including phenoxy) is 2. The number of nitrogens with zero attached hydrogens (tertiary/aromatic N) is 2. The molecule has 0 saturated heterocycles. The Bertz CT molecular complexity index is 1310. The van der Waals surface area contributed by atoms with Crippen molar-refractivity contribution in [3.05, 3.63) is 98.1 Å². The Labute approximate surface area is 207 Å². The minimum absolute atomic E-state index is 0.0268. The number of carbonyl (C=O) groups excluding carboxylic acids is 1. The van der Waals surface area contributed by atoms with Gasteiger partial charge < -0.3 is 14.8 Å². The van der Waals surface area contributed by atoms with E-state index >= 15 is 0 Å². The van der Waals surface area contributed by atoms with Crippen molar-refractivity contribution in [3.8, 4) is 17.6 Å². The summed E-state index contributed by atoms with van der Waals surface area (Å²) < 4.78 is 11.5. The van der Waals surface area contributed by atoms with Gasteiger partial charge in [0.05, 0.1) is 16.6 Å². The molecule has 0 spiro atoms. The number of hydrogen-bond donors (Lipinski definition) is 1. The molecule has 0 aromatic heterocycles. The Morgan fingerprint density at radius 2 is 1.91 bits per heavy atom. The summed E-state index contributed by atoms with van der Waals surface area (Å²) in [5, 5.41) is 23.4. The van der Waals surface area contributed by atoms with Crippen LogP contribution in [0.25, 0.3) is 6.08 Å². The van der Waals surface area contributed by atoms with E-state index in [1.807, 2.05) is 25.1 Å². The molecule has 35 heavy (non-hydrogen) atoms. The van der Waals surface area contributed by atoms with E-state index in [0.717, 1.165) is 5.56 Å². The van der Waals surface area contributed by atoms with Crippen molar-refractivity contribution in [2.45, 2.75) is 20.5 Å². The van der Waals surface area contributed by atoms with Crippen LogP contribution in [0.2, 0.25) is 5.02 Å². The predicted octanol–water partition coefficient (Wildman–Crippen LogP) is 6.08. The maximum Gasteiger partial charge on any atom is 0.269 e. The molecule has 3 aromatic carbocycles. The lowest BCUT2D eigenvalue weighted by Crippen LogP contribution is -2.13. The standard InChI is InChI=1S/C26H22ClN3O5/c1-3-34-24-14-19(11-20(15-28)26(31)29-21-9-7-17(2)8-10-21)13-23(27)25(24)35-16-18-5-4-6-22(12-18)30(32)33/h4-14H,3,16H2,1-2H3,(H,29,31)/b20-11+. The van der Waals surface area contributed by atoms with Crippen LogP contribution in [0.5, 0.6) is 11.5 Å². The van der Waals surface area contributed by atoms with E-state index in [9.17, 15) is 20.2 Å². The molecule has 0 bridgehead atoms. The number of nitriles is 1. The highest BCUT2D eigenvalue weighted by molar-refractivity contribution is 6.32. The Morgan fingerprint density at radius 3 is 2.57 bits per heavy atom. The first-order valence-electron chi connectivity index (χ1n) is 10.6. The maximum atomic E-state index is 12.6. The summed E-state index contributed by atoms with van der Waals surface area (Å²) in [7, 11) is 0. The second-order valence-corrected chi connectivity index (χ2v) is 7.88. The molecule has 0 aliphatic rings. The van der Waals surface area contributed by atoms with E-state index in [0.29, 0.717) is 29.2 Å². The Morgan fingerprint density at radius 1 is 1.17 bits per heavy atom. The highest BCUT2D eigenvalue weighted by atomic mass is 35.5. The van der Waals surface area contributed by atoms with Gasteiger partial charge in [0.2, 0.25) is 0 Å². The number of benzene rings is 3. The first-order valence-corrected chi connectivity index (χ1v) is 11.0. The molecule has 0 heterocycles. The van der Waals surface area contributed by atoms with Crippen LogP contribution in [-0.4, -0.2) is 17.4 Å². The normalized spacial score (nSPS) is 10.9. The van der Waals surface area contributed by atoms with Crippen molar-refractivity contribution in [1.29, 1.82) is 5.26 Å². The number of rotatable bonds is 9. The van der Waals surface area contributed by atoms with Crippen molar-refractivity contribution >= 4 is 35.0 Å². The summed E-state index contributed by atoms with van der Waals surface area (Å²) in [6, 6.07) is 18.3. The first kappa shape index (κ1) is 25.3. The van der Waals surface area contributed by atoms with Crippen molar-refractivity contribution in [2.24, 2.45) is 0 Å². The third-order valence-corrected chi connectivity index (χ3v) is 5.10. The van der Waals surface area contributed by atoms with Gasteiger partial charge in [-0.25, -0.2) is 0 Å². The van der Waals surface area contributed by atoms with Gasteiger partial charge in [0.15, 0.2) is 11.5 Å². The summed E-state index contributed by atoms with van der Waals surface area (Å²) >= 11 is 6.44. The fourth-order valence-corrected chi connectivity index (χ4v) is 3.41. The van der Waals surface area contributed by atoms with Gasteiger partial charge in [-0.15, -0.1) is 0 Å². The lowest BCUT2D eigenvalue weighted by atomic mass is 10.1. The summed E-state index contributed by atoms with van der Waals surface area (Å²) in [5.41, 5.74) is 2.51. The molecular weight excluding hydrogens is 470 g/mol. The molecule has 0 atom stereocenters. The van der Waals surface area contributed by atoms with E-state index in [-0.39, 0.29) is 28.6 Å². The molecule has 0 unspecified atom stereocenters. The smallest absolute Gasteiger partial charge is 0.269 e. The van der Waals surface area contributed by atoms with Gasteiger partial charge in [-0.3, -0.25) is 14.9 Å². The highest BCUT2D eigenvalue weighted by Gasteiger charge is 2.16. The van der Waals surface area contributed by atoms with E-state index in [2.05, 4.69) is 5.32 Å². The zero-order chi connectivity index (χ0) is 25.4. The third kappa shape index (κ3) is 6.82. The summed E-state index contributed by atoms with van der Waals surface area (Å²) in [6.45, 7) is 4.06. The van der Waals surface area contributed by atoms with Gasteiger partial charge in [-0.2, -0.15) is 5.26 Å². The lowest BCUT2D eigenvalue weighted by Gasteiger charge is -2.15. The number of nitro benzene ring substituents is 1. The molecule has 9 heteroatoms. The number of halogens is 1. The van der Waals surface area contributed by atoms with Crippen molar-refractivity contribution in [2.75, 3.05) is 11.9 Å². The van der Waals surface area contributed by atoms with Crippen molar-refractivity contribution < 1.29 is 19.2 Å². The molecule has 3 aromatic rings. The van der Waals surface area contributed by atoms with Crippen molar-refractivity contribution in [3.63, 3.8) is 0 Å². The number of aryl methyl sites for hydroxylation is 1. The molecule has 178 valence electrons. The summed E-state index contributed by atoms with van der Waals surface area (Å²) in [6.07, 6.45) is 1.41. The van der Waals surface area contributed by atoms with E-state index < -0.39 is 10.8 Å². The van der Waals surface area contributed by atoms with Crippen LogP contribution in [0.1, 0.15) is 23.6 Å². The predicted molar refractivity (Wildman–Crippen MR) is 133 cm³/mol. The topological polar surface area (TPSA) is 114 Å². The molecule has 0 fully saturated rings. The van der Waals surface area contributed by atoms with Crippen LogP contribution >= 0.6 is 11.6 Å². The Balaban J connectivity index is 1.84. The molecular formula is C26H22ClN3O5. The number of nitrogens with one attached hydrogen (secondary N) is 1. The lowest BCUT2D eigenvalue weighted by molar-refractivity contribution is -0.384. The second kappa shape index (κ2) is 11.7. The summed E-state index contributed by atoms with van der Waals surface area (Å²) in [4.78, 5) is 23.1. The minimum Gasteiger partial charge on any atom is -0.490 e. The first-order chi connectivity index (χ1) is 16.8. The molecule has 0 saturated carbocycles. The van der Waals surface area contributed by atoms with Gasteiger partial charge >= 0.3 is 0 Å².